The molecule has 0 saturated heterocycles. The van der Waals surface area contributed by atoms with Crippen LogP contribution in [0.5, 0.6) is 0 Å². The third-order valence-electron chi connectivity index (χ3n) is 2.58. The van der Waals surface area contributed by atoms with Crippen LogP contribution in [0.4, 0.5) is 5.82 Å². The molecular weight excluding hydrogens is 258 g/mol. The SMILES string of the molecule is Cc1cc(NC(=O)CSCCc2ccccc2)n[nH]1. The number of anilines is 1. The molecule has 2 aromatic rings. The number of rotatable bonds is 6. The first kappa shape index (κ1) is 13.7. The second kappa shape index (κ2) is 6.99. The van der Waals surface area contributed by atoms with Crippen molar-refractivity contribution in [2.24, 2.45) is 0 Å². The van der Waals surface area contributed by atoms with E-state index in [9.17, 15) is 4.79 Å². The molecule has 0 unspecified atom stereocenters. The number of carbonyl (C=O) groups is 1. The minimum absolute atomic E-state index is 0.00967. The van der Waals surface area contributed by atoms with Gasteiger partial charge in [-0.25, -0.2) is 0 Å². The lowest BCUT2D eigenvalue weighted by molar-refractivity contribution is -0.113. The Bertz CT molecular complexity index is 524. The lowest BCUT2D eigenvalue weighted by Crippen LogP contribution is -2.14. The van der Waals surface area contributed by atoms with Gasteiger partial charge in [0.2, 0.25) is 5.91 Å². The van der Waals surface area contributed by atoms with E-state index < -0.39 is 0 Å². The molecule has 0 atom stereocenters. The minimum atomic E-state index is -0.00967. The Hall–Kier alpha value is -1.75. The molecule has 1 amide bonds. The summed E-state index contributed by atoms with van der Waals surface area (Å²) in [4.78, 5) is 11.6. The zero-order valence-electron chi connectivity index (χ0n) is 10.8. The zero-order valence-corrected chi connectivity index (χ0v) is 11.7. The number of nitrogens with one attached hydrogen (secondary N) is 2. The number of amides is 1. The Morgan fingerprint density at radius 1 is 1.37 bits per heavy atom. The summed E-state index contributed by atoms with van der Waals surface area (Å²) in [7, 11) is 0. The van der Waals surface area contributed by atoms with Crippen molar-refractivity contribution in [1.82, 2.24) is 10.2 Å². The number of benzene rings is 1. The zero-order chi connectivity index (χ0) is 13.5. The van der Waals surface area contributed by atoms with E-state index in [1.165, 1.54) is 5.56 Å². The number of aryl methyl sites for hydroxylation is 2. The molecule has 0 aliphatic carbocycles. The van der Waals surface area contributed by atoms with Gasteiger partial charge in [-0.1, -0.05) is 30.3 Å². The van der Waals surface area contributed by atoms with E-state index in [0.717, 1.165) is 17.9 Å². The van der Waals surface area contributed by atoms with Gasteiger partial charge in [-0.3, -0.25) is 9.89 Å². The quantitative estimate of drug-likeness (QED) is 0.797. The molecule has 0 aliphatic heterocycles. The van der Waals surface area contributed by atoms with Gasteiger partial charge in [0.1, 0.15) is 0 Å². The molecular formula is C14H17N3OS. The van der Waals surface area contributed by atoms with Crippen LogP contribution in [0.1, 0.15) is 11.3 Å². The first-order valence-electron chi connectivity index (χ1n) is 6.17. The summed E-state index contributed by atoms with van der Waals surface area (Å²) in [6, 6.07) is 12.1. The number of aromatic amines is 1. The first-order chi connectivity index (χ1) is 9.24. The first-order valence-corrected chi connectivity index (χ1v) is 7.33. The highest BCUT2D eigenvalue weighted by atomic mass is 32.2. The van der Waals surface area contributed by atoms with Gasteiger partial charge in [0, 0.05) is 11.8 Å². The molecule has 0 fully saturated rings. The largest absolute Gasteiger partial charge is 0.308 e. The molecule has 1 heterocycles. The number of thioether (sulfide) groups is 1. The summed E-state index contributed by atoms with van der Waals surface area (Å²) in [6.07, 6.45) is 0.986. The normalized spacial score (nSPS) is 10.4. The standard InChI is InChI=1S/C14H17N3OS/c1-11-9-13(17-16-11)15-14(18)10-19-8-7-12-5-3-2-4-6-12/h2-6,9H,7-8,10H2,1H3,(H2,15,16,17,18). The van der Waals surface area contributed by atoms with Crippen molar-refractivity contribution in [3.8, 4) is 0 Å². The Labute approximate surface area is 117 Å². The fraction of sp³-hybridized carbons (Fsp3) is 0.286. The Balaban J connectivity index is 1.64. The molecule has 100 valence electrons. The lowest BCUT2D eigenvalue weighted by atomic mass is 10.2. The Morgan fingerprint density at radius 2 is 2.16 bits per heavy atom. The van der Waals surface area contributed by atoms with Gasteiger partial charge < -0.3 is 5.32 Å². The van der Waals surface area contributed by atoms with Crippen molar-refractivity contribution < 1.29 is 4.79 Å². The molecule has 1 aromatic carbocycles. The highest BCUT2D eigenvalue weighted by Crippen LogP contribution is 2.08. The number of aromatic nitrogens is 2. The van der Waals surface area contributed by atoms with E-state index in [1.807, 2.05) is 31.2 Å². The molecule has 0 bridgehead atoms. The summed E-state index contributed by atoms with van der Waals surface area (Å²) in [5.74, 6) is 1.98. The molecule has 19 heavy (non-hydrogen) atoms. The summed E-state index contributed by atoms with van der Waals surface area (Å²) >= 11 is 1.63. The number of hydrogen-bond donors (Lipinski definition) is 2. The second-order valence-electron chi connectivity index (χ2n) is 4.27. The van der Waals surface area contributed by atoms with E-state index in [-0.39, 0.29) is 5.91 Å². The van der Waals surface area contributed by atoms with Crippen molar-refractivity contribution in [3.63, 3.8) is 0 Å². The highest BCUT2D eigenvalue weighted by Gasteiger charge is 2.04. The molecule has 4 nitrogen and oxygen atoms in total. The number of hydrogen-bond acceptors (Lipinski definition) is 3. The lowest BCUT2D eigenvalue weighted by Gasteiger charge is -2.02. The van der Waals surface area contributed by atoms with Crippen LogP contribution in [-0.2, 0) is 11.2 Å². The van der Waals surface area contributed by atoms with E-state index in [0.29, 0.717) is 11.6 Å². The van der Waals surface area contributed by atoms with Crippen LogP contribution < -0.4 is 5.32 Å². The average molecular weight is 275 g/mol. The van der Waals surface area contributed by atoms with Gasteiger partial charge in [-0.15, -0.1) is 0 Å². The van der Waals surface area contributed by atoms with Crippen molar-refractivity contribution in [1.29, 1.82) is 0 Å². The van der Waals surface area contributed by atoms with Crippen molar-refractivity contribution in [2.45, 2.75) is 13.3 Å². The number of nitrogens with zero attached hydrogens (tertiary/aromatic N) is 1. The molecule has 2 rings (SSSR count). The van der Waals surface area contributed by atoms with Crippen LogP contribution in [-0.4, -0.2) is 27.6 Å². The molecule has 1 aromatic heterocycles. The van der Waals surface area contributed by atoms with Gasteiger partial charge >= 0.3 is 0 Å². The van der Waals surface area contributed by atoms with Crippen LogP contribution in [0.3, 0.4) is 0 Å². The minimum Gasteiger partial charge on any atom is -0.308 e. The summed E-state index contributed by atoms with van der Waals surface area (Å²) in [5, 5.41) is 9.52. The van der Waals surface area contributed by atoms with Gasteiger partial charge in [-0.05, 0) is 24.7 Å². The summed E-state index contributed by atoms with van der Waals surface area (Å²) in [6.45, 7) is 1.90. The molecule has 2 N–H and O–H groups in total. The Morgan fingerprint density at radius 3 is 2.84 bits per heavy atom. The van der Waals surface area contributed by atoms with Crippen molar-refractivity contribution >= 4 is 23.5 Å². The third kappa shape index (κ3) is 4.79. The monoisotopic (exact) mass is 275 g/mol. The van der Waals surface area contributed by atoms with Gasteiger partial charge in [0.25, 0.3) is 0 Å². The number of carbonyl (C=O) groups excluding carboxylic acids is 1. The predicted octanol–water partition coefficient (Wildman–Crippen LogP) is 2.63. The van der Waals surface area contributed by atoms with Gasteiger partial charge in [0.05, 0.1) is 5.75 Å². The second-order valence-corrected chi connectivity index (χ2v) is 5.38. The maximum Gasteiger partial charge on any atom is 0.235 e. The van der Waals surface area contributed by atoms with Crippen LogP contribution in [0.2, 0.25) is 0 Å². The molecule has 0 spiro atoms. The predicted molar refractivity (Wildman–Crippen MR) is 79.4 cm³/mol. The maximum atomic E-state index is 11.6. The summed E-state index contributed by atoms with van der Waals surface area (Å²) < 4.78 is 0. The summed E-state index contributed by atoms with van der Waals surface area (Å²) in [5.41, 5.74) is 2.24. The Kier molecular flexibility index (Phi) is 5.03. The van der Waals surface area contributed by atoms with E-state index in [2.05, 4.69) is 27.6 Å². The van der Waals surface area contributed by atoms with E-state index in [4.69, 9.17) is 0 Å². The number of H-pyrrole nitrogens is 1. The van der Waals surface area contributed by atoms with Gasteiger partial charge in [-0.2, -0.15) is 16.9 Å². The highest BCUT2D eigenvalue weighted by molar-refractivity contribution is 7.99. The van der Waals surface area contributed by atoms with Crippen LogP contribution in [0, 0.1) is 6.92 Å². The topological polar surface area (TPSA) is 57.8 Å². The van der Waals surface area contributed by atoms with Gasteiger partial charge in [0.15, 0.2) is 5.82 Å². The molecule has 0 radical (unpaired) electrons. The maximum absolute atomic E-state index is 11.6. The fourth-order valence-electron chi connectivity index (χ4n) is 1.66. The van der Waals surface area contributed by atoms with E-state index >= 15 is 0 Å². The van der Waals surface area contributed by atoms with Crippen LogP contribution >= 0.6 is 11.8 Å². The molecule has 0 saturated carbocycles. The van der Waals surface area contributed by atoms with Crippen LogP contribution in [0.15, 0.2) is 36.4 Å². The fourth-order valence-corrected chi connectivity index (χ4v) is 2.44. The smallest absolute Gasteiger partial charge is 0.235 e. The van der Waals surface area contributed by atoms with Crippen molar-refractivity contribution in [3.05, 3.63) is 47.7 Å². The molecule has 5 heteroatoms. The van der Waals surface area contributed by atoms with E-state index in [1.54, 1.807) is 11.8 Å². The average Bonchev–Trinajstić information content (AvgIpc) is 2.81. The molecule has 0 aliphatic rings. The third-order valence-corrected chi connectivity index (χ3v) is 3.54. The van der Waals surface area contributed by atoms with Crippen molar-refractivity contribution in [2.75, 3.05) is 16.8 Å². The van der Waals surface area contributed by atoms with Crippen LogP contribution in [0.25, 0.3) is 0 Å².